The smallest absolute Gasteiger partial charge is 0.335 e. The Kier molecular flexibility index (Phi) is 4.97. The molecule has 2 aromatic rings. The first-order valence-electron chi connectivity index (χ1n) is 8.14. The van der Waals surface area contributed by atoms with Crippen molar-refractivity contribution in [2.75, 3.05) is 5.32 Å². The number of amides is 1. The first kappa shape index (κ1) is 17.0. The van der Waals surface area contributed by atoms with Gasteiger partial charge in [0.2, 0.25) is 0 Å². The van der Waals surface area contributed by atoms with Crippen LogP contribution in [0.5, 0.6) is 5.75 Å². The lowest BCUT2D eigenvalue weighted by Gasteiger charge is -2.14. The van der Waals surface area contributed by atoms with Crippen LogP contribution in [0.3, 0.4) is 0 Å². The van der Waals surface area contributed by atoms with Gasteiger partial charge in [-0.05, 0) is 56.0 Å². The molecule has 1 aliphatic carbocycles. The number of hydrogen-bond acceptors (Lipinski definition) is 3. The molecule has 0 bridgehead atoms. The number of aromatic carboxylic acids is 1. The highest BCUT2D eigenvalue weighted by Crippen LogP contribution is 2.26. The molecule has 25 heavy (non-hydrogen) atoms. The SMILES string of the molecule is O=C(O)c1ccc(C(=O)Nc2cccc(OC3CCCC3)c2)c(F)c1. The van der Waals surface area contributed by atoms with E-state index in [9.17, 15) is 14.0 Å². The van der Waals surface area contributed by atoms with Gasteiger partial charge in [-0.1, -0.05) is 6.07 Å². The van der Waals surface area contributed by atoms with Crippen LogP contribution in [0, 0.1) is 5.82 Å². The van der Waals surface area contributed by atoms with Gasteiger partial charge in [-0.15, -0.1) is 0 Å². The fourth-order valence-corrected chi connectivity index (χ4v) is 2.88. The zero-order valence-electron chi connectivity index (χ0n) is 13.5. The van der Waals surface area contributed by atoms with Gasteiger partial charge in [0.25, 0.3) is 5.91 Å². The van der Waals surface area contributed by atoms with Crippen molar-refractivity contribution < 1.29 is 23.8 Å². The van der Waals surface area contributed by atoms with Gasteiger partial charge in [0.1, 0.15) is 11.6 Å². The Bertz CT molecular complexity index is 800. The number of anilines is 1. The van der Waals surface area contributed by atoms with Crippen LogP contribution in [0.1, 0.15) is 46.4 Å². The zero-order valence-corrected chi connectivity index (χ0v) is 13.5. The van der Waals surface area contributed by atoms with Gasteiger partial charge in [-0.25, -0.2) is 9.18 Å². The molecule has 0 atom stereocenters. The average molecular weight is 343 g/mol. The molecule has 0 unspecified atom stereocenters. The van der Waals surface area contributed by atoms with E-state index in [1.807, 2.05) is 6.07 Å². The molecule has 0 saturated heterocycles. The van der Waals surface area contributed by atoms with E-state index in [1.165, 1.54) is 6.07 Å². The normalized spacial score (nSPS) is 14.3. The number of ether oxygens (including phenoxy) is 1. The molecule has 1 amide bonds. The summed E-state index contributed by atoms with van der Waals surface area (Å²) in [5, 5.41) is 11.4. The summed E-state index contributed by atoms with van der Waals surface area (Å²) < 4.78 is 19.8. The molecule has 130 valence electrons. The summed E-state index contributed by atoms with van der Waals surface area (Å²) in [5.41, 5.74) is 0.0651. The van der Waals surface area contributed by atoms with Crippen LogP contribution >= 0.6 is 0 Å². The maximum Gasteiger partial charge on any atom is 0.335 e. The van der Waals surface area contributed by atoms with Gasteiger partial charge in [0.15, 0.2) is 0 Å². The maximum atomic E-state index is 14.0. The van der Waals surface area contributed by atoms with Crippen molar-refractivity contribution in [3.8, 4) is 5.75 Å². The van der Waals surface area contributed by atoms with E-state index in [2.05, 4.69) is 5.32 Å². The summed E-state index contributed by atoms with van der Waals surface area (Å²) in [5.74, 6) is -2.11. The molecule has 3 rings (SSSR count). The summed E-state index contributed by atoms with van der Waals surface area (Å²) in [7, 11) is 0. The van der Waals surface area contributed by atoms with E-state index in [0.717, 1.165) is 37.8 Å². The number of nitrogens with one attached hydrogen (secondary N) is 1. The fourth-order valence-electron chi connectivity index (χ4n) is 2.88. The fraction of sp³-hybridized carbons (Fsp3) is 0.263. The lowest BCUT2D eigenvalue weighted by molar-refractivity contribution is 0.0695. The number of carboxylic acid groups (broad SMARTS) is 1. The van der Waals surface area contributed by atoms with Crippen LogP contribution in [0.15, 0.2) is 42.5 Å². The van der Waals surface area contributed by atoms with Gasteiger partial charge in [-0.2, -0.15) is 0 Å². The summed E-state index contributed by atoms with van der Waals surface area (Å²) in [6.07, 6.45) is 4.57. The van der Waals surface area contributed by atoms with E-state index in [1.54, 1.807) is 18.2 Å². The van der Waals surface area contributed by atoms with E-state index >= 15 is 0 Å². The molecular weight excluding hydrogens is 325 g/mol. The van der Waals surface area contributed by atoms with Crippen LogP contribution in [0.2, 0.25) is 0 Å². The molecule has 0 spiro atoms. The Hall–Kier alpha value is -2.89. The van der Waals surface area contributed by atoms with Gasteiger partial charge < -0.3 is 15.2 Å². The second kappa shape index (κ2) is 7.34. The minimum Gasteiger partial charge on any atom is -0.490 e. The Labute approximate surface area is 144 Å². The van der Waals surface area contributed by atoms with Crippen LogP contribution in [0.25, 0.3) is 0 Å². The lowest BCUT2D eigenvalue weighted by atomic mass is 10.1. The Morgan fingerprint density at radius 1 is 1.12 bits per heavy atom. The van der Waals surface area contributed by atoms with Crippen molar-refractivity contribution in [1.29, 1.82) is 0 Å². The first-order chi connectivity index (χ1) is 12.0. The van der Waals surface area contributed by atoms with Gasteiger partial charge >= 0.3 is 5.97 Å². The van der Waals surface area contributed by atoms with E-state index < -0.39 is 17.7 Å². The van der Waals surface area contributed by atoms with E-state index in [-0.39, 0.29) is 17.2 Å². The average Bonchev–Trinajstić information content (AvgIpc) is 3.07. The zero-order chi connectivity index (χ0) is 17.8. The Morgan fingerprint density at radius 2 is 1.88 bits per heavy atom. The summed E-state index contributed by atoms with van der Waals surface area (Å²) >= 11 is 0. The third kappa shape index (κ3) is 4.15. The van der Waals surface area contributed by atoms with Gasteiger partial charge in [-0.3, -0.25) is 4.79 Å². The van der Waals surface area contributed by atoms with Crippen molar-refractivity contribution in [3.05, 3.63) is 59.4 Å². The molecule has 1 aliphatic rings. The molecule has 0 radical (unpaired) electrons. The highest BCUT2D eigenvalue weighted by molar-refractivity contribution is 6.05. The van der Waals surface area contributed by atoms with Crippen molar-refractivity contribution in [2.24, 2.45) is 0 Å². The van der Waals surface area contributed by atoms with Gasteiger partial charge in [0, 0.05) is 11.8 Å². The number of halogens is 1. The van der Waals surface area contributed by atoms with Crippen LogP contribution in [-0.4, -0.2) is 23.1 Å². The van der Waals surface area contributed by atoms with Crippen LogP contribution in [-0.2, 0) is 0 Å². The Balaban J connectivity index is 1.71. The monoisotopic (exact) mass is 343 g/mol. The van der Waals surface area contributed by atoms with Gasteiger partial charge in [0.05, 0.1) is 17.2 Å². The highest BCUT2D eigenvalue weighted by Gasteiger charge is 2.17. The first-order valence-corrected chi connectivity index (χ1v) is 8.14. The second-order valence-electron chi connectivity index (χ2n) is 6.01. The highest BCUT2D eigenvalue weighted by atomic mass is 19.1. The molecule has 0 aliphatic heterocycles. The largest absolute Gasteiger partial charge is 0.490 e. The number of carboxylic acids is 1. The number of hydrogen-bond donors (Lipinski definition) is 2. The molecule has 2 aromatic carbocycles. The minimum absolute atomic E-state index is 0.201. The third-order valence-electron chi connectivity index (χ3n) is 4.16. The molecule has 1 saturated carbocycles. The van der Waals surface area contributed by atoms with Crippen molar-refractivity contribution in [2.45, 2.75) is 31.8 Å². The van der Waals surface area contributed by atoms with Crippen molar-refractivity contribution >= 4 is 17.6 Å². The summed E-state index contributed by atoms with van der Waals surface area (Å²) in [4.78, 5) is 23.1. The number of benzene rings is 2. The third-order valence-corrected chi connectivity index (χ3v) is 4.16. The molecule has 0 aromatic heterocycles. The lowest BCUT2D eigenvalue weighted by Crippen LogP contribution is -2.15. The van der Waals surface area contributed by atoms with Crippen LogP contribution < -0.4 is 10.1 Å². The summed E-state index contributed by atoms with van der Waals surface area (Å²) in [6, 6.07) is 10.1. The molecule has 1 fully saturated rings. The standard InChI is InChI=1S/C19H18FNO4/c20-17-10-12(19(23)24)8-9-16(17)18(22)21-13-4-3-7-15(11-13)25-14-5-1-2-6-14/h3-4,7-11,14H,1-2,5-6H2,(H,21,22)(H,23,24). The van der Waals surface area contributed by atoms with E-state index in [4.69, 9.17) is 9.84 Å². The minimum atomic E-state index is -1.25. The molecular formula is C19H18FNO4. The van der Waals surface area contributed by atoms with Crippen molar-refractivity contribution in [1.82, 2.24) is 0 Å². The molecule has 6 heteroatoms. The number of carbonyl (C=O) groups excluding carboxylic acids is 1. The van der Waals surface area contributed by atoms with E-state index in [0.29, 0.717) is 11.4 Å². The Morgan fingerprint density at radius 3 is 2.56 bits per heavy atom. The molecule has 5 nitrogen and oxygen atoms in total. The summed E-state index contributed by atoms with van der Waals surface area (Å²) in [6.45, 7) is 0. The maximum absolute atomic E-state index is 14.0. The second-order valence-corrected chi connectivity index (χ2v) is 6.01. The van der Waals surface area contributed by atoms with Crippen molar-refractivity contribution in [3.63, 3.8) is 0 Å². The molecule has 2 N–H and O–H groups in total. The predicted molar refractivity (Wildman–Crippen MR) is 90.6 cm³/mol. The quantitative estimate of drug-likeness (QED) is 0.857. The van der Waals surface area contributed by atoms with Crippen LogP contribution in [0.4, 0.5) is 10.1 Å². The number of rotatable bonds is 5. The number of carbonyl (C=O) groups is 2. The topological polar surface area (TPSA) is 75.6 Å². The predicted octanol–water partition coefficient (Wildman–Crippen LogP) is 4.10. The molecule has 0 heterocycles.